The van der Waals surface area contributed by atoms with Gasteiger partial charge in [-0.3, -0.25) is 0 Å². The molecule has 1 atom stereocenters. The molecular formula is C12H18ClNO. The van der Waals surface area contributed by atoms with Gasteiger partial charge in [-0.05, 0) is 38.0 Å². The number of nitrogens with two attached hydrogens (primary N) is 1. The van der Waals surface area contributed by atoms with Crippen molar-refractivity contribution >= 4 is 11.6 Å². The standard InChI is InChI=1S/C12H18ClNO/c1-12(2,15-3)11(14)8-9-4-6-10(13)7-5-9/h4-7,11H,8,14H2,1-3H3. The van der Waals surface area contributed by atoms with E-state index in [2.05, 4.69) is 0 Å². The van der Waals surface area contributed by atoms with E-state index in [0.717, 1.165) is 11.4 Å². The number of methoxy groups -OCH3 is 1. The molecule has 0 amide bonds. The molecule has 0 saturated carbocycles. The van der Waals surface area contributed by atoms with Crippen LogP contribution in [0.5, 0.6) is 0 Å². The Kier molecular flexibility index (Phi) is 4.14. The average molecular weight is 228 g/mol. The Bertz CT molecular complexity index is 308. The maximum absolute atomic E-state index is 6.07. The van der Waals surface area contributed by atoms with E-state index in [0.29, 0.717) is 0 Å². The van der Waals surface area contributed by atoms with E-state index in [1.54, 1.807) is 7.11 Å². The van der Waals surface area contributed by atoms with Gasteiger partial charge < -0.3 is 10.5 Å². The number of hydrogen-bond acceptors (Lipinski definition) is 2. The minimum atomic E-state index is -0.306. The number of hydrogen-bond donors (Lipinski definition) is 1. The molecule has 0 heterocycles. The van der Waals surface area contributed by atoms with Gasteiger partial charge in [0, 0.05) is 18.2 Å². The molecule has 0 saturated heterocycles. The molecule has 84 valence electrons. The van der Waals surface area contributed by atoms with Gasteiger partial charge in [0.25, 0.3) is 0 Å². The van der Waals surface area contributed by atoms with Crippen molar-refractivity contribution in [2.75, 3.05) is 7.11 Å². The van der Waals surface area contributed by atoms with Crippen molar-refractivity contribution in [1.29, 1.82) is 0 Å². The summed E-state index contributed by atoms with van der Waals surface area (Å²) >= 11 is 5.81. The highest BCUT2D eigenvalue weighted by molar-refractivity contribution is 6.30. The third-order valence-corrected chi connectivity index (χ3v) is 3.04. The zero-order valence-electron chi connectivity index (χ0n) is 9.46. The maximum atomic E-state index is 6.07. The Labute approximate surface area is 96.4 Å². The zero-order valence-corrected chi connectivity index (χ0v) is 10.2. The highest BCUT2D eigenvalue weighted by Gasteiger charge is 2.25. The highest BCUT2D eigenvalue weighted by atomic mass is 35.5. The normalized spacial score (nSPS) is 13.9. The molecule has 1 unspecified atom stereocenters. The molecule has 2 nitrogen and oxygen atoms in total. The van der Waals surface area contributed by atoms with Crippen LogP contribution in [0.15, 0.2) is 24.3 Å². The quantitative estimate of drug-likeness (QED) is 0.859. The van der Waals surface area contributed by atoms with E-state index >= 15 is 0 Å². The topological polar surface area (TPSA) is 35.2 Å². The summed E-state index contributed by atoms with van der Waals surface area (Å²) in [5.41, 5.74) is 6.95. The van der Waals surface area contributed by atoms with E-state index in [4.69, 9.17) is 22.1 Å². The van der Waals surface area contributed by atoms with Crippen LogP contribution in [0.4, 0.5) is 0 Å². The fourth-order valence-corrected chi connectivity index (χ4v) is 1.40. The Morgan fingerprint density at radius 3 is 2.33 bits per heavy atom. The van der Waals surface area contributed by atoms with Crippen molar-refractivity contribution in [3.63, 3.8) is 0 Å². The van der Waals surface area contributed by atoms with E-state index in [1.807, 2.05) is 38.1 Å². The van der Waals surface area contributed by atoms with Gasteiger partial charge in [0.2, 0.25) is 0 Å². The van der Waals surface area contributed by atoms with Crippen LogP contribution in [-0.4, -0.2) is 18.8 Å². The largest absolute Gasteiger partial charge is 0.377 e. The Morgan fingerprint density at radius 1 is 1.33 bits per heavy atom. The van der Waals surface area contributed by atoms with Crippen molar-refractivity contribution in [2.24, 2.45) is 5.73 Å². The van der Waals surface area contributed by atoms with E-state index in [-0.39, 0.29) is 11.6 Å². The molecule has 0 aliphatic heterocycles. The van der Waals surface area contributed by atoms with Gasteiger partial charge in [0.15, 0.2) is 0 Å². The summed E-state index contributed by atoms with van der Waals surface area (Å²) in [6, 6.07) is 7.72. The summed E-state index contributed by atoms with van der Waals surface area (Å²) in [5.74, 6) is 0. The predicted molar refractivity (Wildman–Crippen MR) is 64.2 cm³/mol. The zero-order chi connectivity index (χ0) is 11.5. The monoisotopic (exact) mass is 227 g/mol. The van der Waals surface area contributed by atoms with Crippen molar-refractivity contribution in [1.82, 2.24) is 0 Å². The SMILES string of the molecule is COC(C)(C)C(N)Cc1ccc(Cl)cc1. The van der Waals surface area contributed by atoms with E-state index in [9.17, 15) is 0 Å². The van der Waals surface area contributed by atoms with Crippen LogP contribution in [0.25, 0.3) is 0 Å². The van der Waals surface area contributed by atoms with Gasteiger partial charge in [-0.1, -0.05) is 23.7 Å². The maximum Gasteiger partial charge on any atom is 0.0776 e. The Morgan fingerprint density at radius 2 is 1.87 bits per heavy atom. The van der Waals surface area contributed by atoms with Crippen LogP contribution >= 0.6 is 11.6 Å². The minimum Gasteiger partial charge on any atom is -0.377 e. The average Bonchev–Trinajstić information content (AvgIpc) is 2.21. The number of rotatable bonds is 4. The van der Waals surface area contributed by atoms with Crippen LogP contribution in [0.1, 0.15) is 19.4 Å². The number of benzene rings is 1. The molecule has 1 aromatic rings. The van der Waals surface area contributed by atoms with Crippen molar-refractivity contribution in [2.45, 2.75) is 31.9 Å². The summed E-state index contributed by atoms with van der Waals surface area (Å²) < 4.78 is 5.34. The summed E-state index contributed by atoms with van der Waals surface area (Å²) in [6.07, 6.45) is 0.790. The smallest absolute Gasteiger partial charge is 0.0776 e. The molecular weight excluding hydrogens is 210 g/mol. The molecule has 0 aliphatic rings. The van der Waals surface area contributed by atoms with Crippen LogP contribution in [0.2, 0.25) is 5.02 Å². The van der Waals surface area contributed by atoms with E-state index < -0.39 is 0 Å². The van der Waals surface area contributed by atoms with Gasteiger partial charge in [-0.15, -0.1) is 0 Å². The highest BCUT2D eigenvalue weighted by Crippen LogP contribution is 2.17. The third-order valence-electron chi connectivity index (χ3n) is 2.79. The second-order valence-corrected chi connectivity index (χ2v) is 4.68. The van der Waals surface area contributed by atoms with E-state index in [1.165, 1.54) is 5.56 Å². The Balaban J connectivity index is 2.66. The van der Waals surface area contributed by atoms with Gasteiger partial charge >= 0.3 is 0 Å². The van der Waals surface area contributed by atoms with Gasteiger partial charge in [0.1, 0.15) is 0 Å². The fraction of sp³-hybridized carbons (Fsp3) is 0.500. The molecule has 0 fully saturated rings. The lowest BCUT2D eigenvalue weighted by Crippen LogP contribution is -2.46. The van der Waals surface area contributed by atoms with Gasteiger partial charge in [-0.25, -0.2) is 0 Å². The molecule has 1 rings (SSSR count). The second-order valence-electron chi connectivity index (χ2n) is 4.24. The molecule has 1 aromatic carbocycles. The first-order valence-corrected chi connectivity index (χ1v) is 5.38. The summed E-state index contributed by atoms with van der Waals surface area (Å²) in [6.45, 7) is 3.99. The molecule has 0 radical (unpaired) electrons. The molecule has 3 heteroatoms. The first-order chi connectivity index (χ1) is 6.95. The third kappa shape index (κ3) is 3.49. The van der Waals surface area contributed by atoms with Crippen molar-refractivity contribution < 1.29 is 4.74 Å². The minimum absolute atomic E-state index is 0.0244. The lowest BCUT2D eigenvalue weighted by atomic mass is 9.93. The fourth-order valence-electron chi connectivity index (χ4n) is 1.27. The number of ether oxygens (including phenoxy) is 1. The molecule has 15 heavy (non-hydrogen) atoms. The first kappa shape index (κ1) is 12.5. The summed E-state index contributed by atoms with van der Waals surface area (Å²) in [5, 5.41) is 0.748. The van der Waals surface area contributed by atoms with Crippen molar-refractivity contribution in [3.8, 4) is 0 Å². The predicted octanol–water partition coefficient (Wildman–Crippen LogP) is 2.63. The van der Waals surface area contributed by atoms with Crippen molar-refractivity contribution in [3.05, 3.63) is 34.9 Å². The number of halogens is 1. The van der Waals surface area contributed by atoms with Crippen LogP contribution in [-0.2, 0) is 11.2 Å². The summed E-state index contributed by atoms with van der Waals surface area (Å²) in [4.78, 5) is 0. The molecule has 0 aliphatic carbocycles. The Hall–Kier alpha value is -0.570. The van der Waals surface area contributed by atoms with Gasteiger partial charge in [-0.2, -0.15) is 0 Å². The summed E-state index contributed by atoms with van der Waals surface area (Å²) in [7, 11) is 1.68. The molecule has 0 aromatic heterocycles. The lowest BCUT2D eigenvalue weighted by molar-refractivity contribution is 0.000806. The van der Waals surface area contributed by atoms with Crippen LogP contribution in [0, 0.1) is 0 Å². The molecule has 0 bridgehead atoms. The van der Waals surface area contributed by atoms with Crippen LogP contribution in [0.3, 0.4) is 0 Å². The second kappa shape index (κ2) is 4.97. The first-order valence-electron chi connectivity index (χ1n) is 5.01. The van der Waals surface area contributed by atoms with Crippen LogP contribution < -0.4 is 5.73 Å². The lowest BCUT2D eigenvalue weighted by Gasteiger charge is -2.30. The molecule has 0 spiro atoms. The molecule has 2 N–H and O–H groups in total. The van der Waals surface area contributed by atoms with Gasteiger partial charge in [0.05, 0.1) is 5.60 Å².